The molecule has 17 heavy (non-hydrogen) atoms. The maximum Gasteiger partial charge on any atom is 0.341 e. The van der Waals surface area contributed by atoms with Gasteiger partial charge in [-0.05, 0) is 25.1 Å². The summed E-state index contributed by atoms with van der Waals surface area (Å²) in [7, 11) is 0. The lowest BCUT2D eigenvalue weighted by Gasteiger charge is -2.01. The first-order valence-electron chi connectivity index (χ1n) is 4.65. The van der Waals surface area contributed by atoms with E-state index in [-0.39, 0.29) is 22.6 Å². The van der Waals surface area contributed by atoms with Crippen molar-refractivity contribution in [2.75, 3.05) is 0 Å². The molecule has 0 radical (unpaired) electrons. The minimum atomic E-state index is -1.22. The average molecular weight is 256 g/mol. The lowest BCUT2D eigenvalue weighted by Crippen LogP contribution is -2.00. The fourth-order valence-corrected chi connectivity index (χ4v) is 1.66. The lowest BCUT2D eigenvalue weighted by atomic mass is 10.1. The van der Waals surface area contributed by atoms with Crippen molar-refractivity contribution in [1.82, 2.24) is 5.16 Å². The second kappa shape index (κ2) is 4.18. The smallest absolute Gasteiger partial charge is 0.341 e. The van der Waals surface area contributed by atoms with Crippen molar-refractivity contribution in [2.24, 2.45) is 0 Å². The van der Waals surface area contributed by atoms with Crippen LogP contribution in [0, 0.1) is 12.7 Å². The number of aromatic nitrogens is 1. The Morgan fingerprint density at radius 1 is 1.53 bits per heavy atom. The Hall–Kier alpha value is -1.88. The molecule has 1 N–H and O–H groups in total. The van der Waals surface area contributed by atoms with Crippen LogP contribution in [0.4, 0.5) is 4.39 Å². The summed E-state index contributed by atoms with van der Waals surface area (Å²) in [5.41, 5.74) is -0.215. The summed E-state index contributed by atoms with van der Waals surface area (Å²) in [6, 6.07) is 3.82. The van der Waals surface area contributed by atoms with E-state index in [1.54, 1.807) is 0 Å². The Morgan fingerprint density at radius 3 is 2.88 bits per heavy atom. The molecule has 0 amide bonds. The molecule has 1 aromatic heterocycles. The molecule has 1 aromatic carbocycles. The van der Waals surface area contributed by atoms with E-state index in [2.05, 4.69) is 5.16 Å². The zero-order chi connectivity index (χ0) is 12.6. The minimum Gasteiger partial charge on any atom is -0.477 e. The summed E-state index contributed by atoms with van der Waals surface area (Å²) in [6.45, 7) is 1.45. The summed E-state index contributed by atoms with van der Waals surface area (Å²) in [5.74, 6) is -1.71. The Balaban J connectivity index is 2.68. The first-order chi connectivity index (χ1) is 8.00. The molecule has 0 aliphatic heterocycles. The van der Waals surface area contributed by atoms with Crippen LogP contribution in [0.5, 0.6) is 0 Å². The number of hydrogen-bond donors (Lipinski definition) is 1. The van der Waals surface area contributed by atoms with Crippen molar-refractivity contribution in [3.8, 4) is 11.3 Å². The van der Waals surface area contributed by atoms with Crippen LogP contribution in [-0.2, 0) is 0 Å². The fourth-order valence-electron chi connectivity index (χ4n) is 1.49. The van der Waals surface area contributed by atoms with Gasteiger partial charge in [0, 0.05) is 10.6 Å². The summed E-state index contributed by atoms with van der Waals surface area (Å²) in [6.07, 6.45) is 0. The van der Waals surface area contributed by atoms with Gasteiger partial charge in [-0.15, -0.1) is 0 Å². The first kappa shape index (κ1) is 11.6. The van der Waals surface area contributed by atoms with Gasteiger partial charge in [0.2, 0.25) is 0 Å². The monoisotopic (exact) mass is 255 g/mol. The number of hydrogen-bond acceptors (Lipinski definition) is 3. The normalized spacial score (nSPS) is 10.5. The van der Waals surface area contributed by atoms with E-state index in [1.165, 1.54) is 19.1 Å². The molecule has 6 heteroatoms. The largest absolute Gasteiger partial charge is 0.477 e. The third-order valence-electron chi connectivity index (χ3n) is 2.26. The maximum absolute atomic E-state index is 13.6. The zero-order valence-electron chi connectivity index (χ0n) is 8.70. The predicted octanol–water partition coefficient (Wildman–Crippen LogP) is 3.14. The van der Waals surface area contributed by atoms with Crippen LogP contribution in [-0.4, -0.2) is 16.2 Å². The van der Waals surface area contributed by atoms with Crippen LogP contribution >= 0.6 is 11.6 Å². The Labute approximate surface area is 101 Å². The van der Waals surface area contributed by atoms with Crippen molar-refractivity contribution < 1.29 is 18.8 Å². The van der Waals surface area contributed by atoms with Gasteiger partial charge in [0.25, 0.3) is 0 Å². The average Bonchev–Trinajstić information content (AvgIpc) is 2.64. The van der Waals surface area contributed by atoms with Gasteiger partial charge in [-0.2, -0.15) is 0 Å². The molecule has 88 valence electrons. The second-order valence-corrected chi connectivity index (χ2v) is 3.83. The SMILES string of the molecule is Cc1onc(-c2cc(Cl)ccc2F)c1C(=O)O. The number of carboxylic acid groups (broad SMARTS) is 1. The molecule has 0 unspecified atom stereocenters. The van der Waals surface area contributed by atoms with E-state index in [0.717, 1.165) is 6.07 Å². The highest BCUT2D eigenvalue weighted by atomic mass is 35.5. The molecular formula is C11H7ClFNO3. The Bertz CT molecular complexity index is 594. The lowest BCUT2D eigenvalue weighted by molar-refractivity contribution is 0.0696. The van der Waals surface area contributed by atoms with E-state index < -0.39 is 11.8 Å². The molecule has 0 spiro atoms. The molecule has 0 saturated heterocycles. The topological polar surface area (TPSA) is 63.3 Å². The molecule has 2 rings (SSSR count). The summed E-state index contributed by atoms with van der Waals surface area (Å²) >= 11 is 5.73. The van der Waals surface area contributed by atoms with E-state index in [4.69, 9.17) is 21.2 Å². The predicted molar refractivity (Wildman–Crippen MR) is 58.6 cm³/mol. The molecule has 0 aliphatic rings. The third kappa shape index (κ3) is 2.01. The van der Waals surface area contributed by atoms with Crippen LogP contribution in [0.25, 0.3) is 11.3 Å². The minimum absolute atomic E-state index is 0.00625. The molecule has 0 atom stereocenters. The van der Waals surface area contributed by atoms with Crippen LogP contribution < -0.4 is 0 Å². The molecule has 0 saturated carbocycles. The van der Waals surface area contributed by atoms with Crippen LogP contribution in [0.2, 0.25) is 5.02 Å². The van der Waals surface area contributed by atoms with Crippen molar-refractivity contribution in [3.05, 3.63) is 40.4 Å². The van der Waals surface area contributed by atoms with Gasteiger partial charge in [-0.25, -0.2) is 9.18 Å². The van der Waals surface area contributed by atoms with Gasteiger partial charge >= 0.3 is 5.97 Å². The first-order valence-corrected chi connectivity index (χ1v) is 5.03. The van der Waals surface area contributed by atoms with E-state index in [9.17, 15) is 9.18 Å². The number of carbonyl (C=O) groups is 1. The molecule has 2 aromatic rings. The van der Waals surface area contributed by atoms with Gasteiger partial charge < -0.3 is 9.63 Å². The highest BCUT2D eigenvalue weighted by Gasteiger charge is 2.23. The third-order valence-corrected chi connectivity index (χ3v) is 2.50. The molecule has 1 heterocycles. The van der Waals surface area contributed by atoms with E-state index in [1.807, 2.05) is 0 Å². The summed E-state index contributed by atoms with van der Waals surface area (Å²) in [4.78, 5) is 11.0. The van der Waals surface area contributed by atoms with Crippen LogP contribution in [0.3, 0.4) is 0 Å². The fraction of sp³-hybridized carbons (Fsp3) is 0.0909. The van der Waals surface area contributed by atoms with Gasteiger partial charge in [0.15, 0.2) is 0 Å². The maximum atomic E-state index is 13.6. The number of nitrogens with zero attached hydrogens (tertiary/aromatic N) is 1. The highest BCUT2D eigenvalue weighted by Crippen LogP contribution is 2.29. The Morgan fingerprint density at radius 2 is 2.24 bits per heavy atom. The van der Waals surface area contributed by atoms with Crippen molar-refractivity contribution in [2.45, 2.75) is 6.92 Å². The van der Waals surface area contributed by atoms with Gasteiger partial charge in [0.05, 0.1) is 0 Å². The number of rotatable bonds is 2. The molecule has 0 bridgehead atoms. The van der Waals surface area contributed by atoms with Crippen LogP contribution in [0.15, 0.2) is 22.7 Å². The van der Waals surface area contributed by atoms with Crippen molar-refractivity contribution in [1.29, 1.82) is 0 Å². The number of aryl methyl sites for hydroxylation is 1. The molecule has 0 fully saturated rings. The number of carboxylic acids is 1. The standard InChI is InChI=1S/C11H7ClFNO3/c1-5-9(11(15)16)10(14-17-5)7-4-6(12)2-3-8(7)13/h2-4H,1H3,(H,15,16). The van der Waals surface area contributed by atoms with E-state index >= 15 is 0 Å². The zero-order valence-corrected chi connectivity index (χ0v) is 9.45. The molecule has 4 nitrogen and oxygen atoms in total. The number of aromatic carboxylic acids is 1. The van der Waals surface area contributed by atoms with Gasteiger partial charge in [0.1, 0.15) is 22.8 Å². The quantitative estimate of drug-likeness (QED) is 0.895. The number of benzene rings is 1. The number of halogens is 2. The summed E-state index contributed by atoms with van der Waals surface area (Å²) in [5, 5.41) is 12.8. The van der Waals surface area contributed by atoms with Gasteiger partial charge in [-0.3, -0.25) is 0 Å². The Kier molecular flexibility index (Phi) is 2.85. The van der Waals surface area contributed by atoms with Crippen LogP contribution in [0.1, 0.15) is 16.1 Å². The van der Waals surface area contributed by atoms with Crippen molar-refractivity contribution in [3.63, 3.8) is 0 Å². The second-order valence-electron chi connectivity index (χ2n) is 3.39. The van der Waals surface area contributed by atoms with Crippen molar-refractivity contribution >= 4 is 17.6 Å². The highest BCUT2D eigenvalue weighted by molar-refractivity contribution is 6.30. The van der Waals surface area contributed by atoms with E-state index in [0.29, 0.717) is 5.02 Å². The summed E-state index contributed by atoms with van der Waals surface area (Å²) < 4.78 is 18.3. The molecular weight excluding hydrogens is 249 g/mol. The van der Waals surface area contributed by atoms with Gasteiger partial charge in [-0.1, -0.05) is 16.8 Å². The molecule has 0 aliphatic carbocycles.